The first kappa shape index (κ1) is 15.9. The molecular weight excluding hydrogens is 270 g/mol. The van der Waals surface area contributed by atoms with Crippen LogP contribution in [0.1, 0.15) is 40.5 Å². The Hall–Kier alpha value is -0.0900. The highest BCUT2D eigenvalue weighted by Crippen LogP contribution is 2.24. The smallest absolute Gasteiger partial charge is 0.234 e. The van der Waals surface area contributed by atoms with Gasteiger partial charge < -0.3 is 10.4 Å². The standard InChI is InChI=1S/C12H24BrNO2/c1-5-12(6-2,8-15)7-14-11(16)10(13)9(3)4/h9-10,15H,5-8H2,1-4H3,(H,14,16). The molecule has 0 radical (unpaired) electrons. The van der Waals surface area contributed by atoms with Gasteiger partial charge in [-0.2, -0.15) is 0 Å². The second kappa shape index (κ2) is 7.28. The number of rotatable bonds is 7. The quantitative estimate of drug-likeness (QED) is 0.708. The Morgan fingerprint density at radius 1 is 1.38 bits per heavy atom. The number of nitrogens with one attached hydrogen (secondary N) is 1. The van der Waals surface area contributed by atoms with Crippen LogP contribution < -0.4 is 5.32 Å². The molecule has 0 aromatic rings. The number of halogens is 1. The molecule has 0 saturated heterocycles. The first-order valence-corrected chi connectivity index (χ1v) is 6.86. The molecule has 0 heterocycles. The van der Waals surface area contributed by atoms with Crippen molar-refractivity contribution in [1.82, 2.24) is 5.32 Å². The van der Waals surface area contributed by atoms with Crippen LogP contribution in [0.5, 0.6) is 0 Å². The van der Waals surface area contributed by atoms with Gasteiger partial charge in [0, 0.05) is 12.0 Å². The van der Waals surface area contributed by atoms with Gasteiger partial charge in [0.15, 0.2) is 0 Å². The summed E-state index contributed by atoms with van der Waals surface area (Å²) in [7, 11) is 0. The fourth-order valence-electron chi connectivity index (χ4n) is 1.45. The lowest BCUT2D eigenvalue weighted by molar-refractivity contribution is -0.121. The van der Waals surface area contributed by atoms with Gasteiger partial charge in [0.25, 0.3) is 0 Å². The number of carbonyl (C=O) groups excluding carboxylic acids is 1. The molecule has 0 rings (SSSR count). The molecular formula is C12H24BrNO2. The maximum atomic E-state index is 11.7. The third-order valence-electron chi connectivity index (χ3n) is 3.31. The number of hydrogen-bond acceptors (Lipinski definition) is 2. The molecule has 1 amide bonds. The predicted molar refractivity (Wildman–Crippen MR) is 70.7 cm³/mol. The lowest BCUT2D eigenvalue weighted by Gasteiger charge is -2.30. The minimum absolute atomic E-state index is 0.00900. The van der Waals surface area contributed by atoms with Gasteiger partial charge in [-0.15, -0.1) is 0 Å². The minimum Gasteiger partial charge on any atom is -0.396 e. The summed E-state index contributed by atoms with van der Waals surface area (Å²) < 4.78 is 0. The van der Waals surface area contributed by atoms with Gasteiger partial charge in [0.1, 0.15) is 0 Å². The van der Waals surface area contributed by atoms with Gasteiger partial charge in [-0.1, -0.05) is 43.6 Å². The Labute approximate surface area is 107 Å². The highest BCUT2D eigenvalue weighted by Gasteiger charge is 2.27. The summed E-state index contributed by atoms with van der Waals surface area (Å²) in [6.07, 6.45) is 1.74. The predicted octanol–water partition coefficient (Wildman–Crippen LogP) is 2.32. The minimum atomic E-state index is -0.167. The normalized spacial score (nSPS) is 13.9. The van der Waals surface area contributed by atoms with Gasteiger partial charge in [-0.05, 0) is 18.8 Å². The molecule has 0 aliphatic carbocycles. The lowest BCUT2D eigenvalue weighted by atomic mass is 9.83. The molecule has 0 fully saturated rings. The van der Waals surface area contributed by atoms with Gasteiger partial charge in [0.05, 0.1) is 11.4 Å². The second-order valence-electron chi connectivity index (χ2n) is 4.73. The highest BCUT2D eigenvalue weighted by molar-refractivity contribution is 9.10. The van der Waals surface area contributed by atoms with E-state index in [1.165, 1.54) is 0 Å². The van der Waals surface area contributed by atoms with Crippen LogP contribution in [0, 0.1) is 11.3 Å². The van der Waals surface area contributed by atoms with Gasteiger partial charge in [-0.3, -0.25) is 4.79 Å². The average molecular weight is 294 g/mol. The first-order chi connectivity index (χ1) is 7.42. The van der Waals surface area contributed by atoms with Crippen LogP contribution >= 0.6 is 15.9 Å². The van der Waals surface area contributed by atoms with Gasteiger partial charge in [0.2, 0.25) is 5.91 Å². The number of alkyl halides is 1. The fraction of sp³-hybridized carbons (Fsp3) is 0.917. The zero-order valence-electron chi connectivity index (χ0n) is 10.7. The van der Waals surface area contributed by atoms with E-state index >= 15 is 0 Å². The van der Waals surface area contributed by atoms with E-state index < -0.39 is 0 Å². The molecule has 1 atom stereocenters. The van der Waals surface area contributed by atoms with Crippen LogP contribution in [0.15, 0.2) is 0 Å². The molecule has 0 aliphatic heterocycles. The molecule has 2 N–H and O–H groups in total. The van der Waals surface area contributed by atoms with E-state index in [0.717, 1.165) is 12.8 Å². The van der Waals surface area contributed by atoms with E-state index in [1.54, 1.807) is 0 Å². The number of amides is 1. The van der Waals surface area contributed by atoms with Crippen molar-refractivity contribution in [3.8, 4) is 0 Å². The van der Waals surface area contributed by atoms with Crippen LogP contribution in [-0.4, -0.2) is 29.0 Å². The maximum absolute atomic E-state index is 11.7. The maximum Gasteiger partial charge on any atom is 0.234 e. The summed E-state index contributed by atoms with van der Waals surface area (Å²) >= 11 is 3.37. The monoisotopic (exact) mass is 293 g/mol. The summed E-state index contributed by atoms with van der Waals surface area (Å²) in [6.45, 7) is 8.74. The van der Waals surface area contributed by atoms with E-state index in [-0.39, 0.29) is 28.7 Å². The number of aliphatic hydroxyl groups excluding tert-OH is 1. The van der Waals surface area contributed by atoms with E-state index in [2.05, 4.69) is 21.2 Å². The first-order valence-electron chi connectivity index (χ1n) is 5.95. The zero-order chi connectivity index (χ0) is 12.8. The molecule has 0 spiro atoms. The highest BCUT2D eigenvalue weighted by atomic mass is 79.9. The van der Waals surface area contributed by atoms with Crippen LogP contribution in [-0.2, 0) is 4.79 Å². The van der Waals surface area contributed by atoms with E-state index in [4.69, 9.17) is 0 Å². The SMILES string of the molecule is CCC(CC)(CO)CNC(=O)C(Br)C(C)C. The number of aliphatic hydroxyl groups is 1. The molecule has 0 aromatic heterocycles. The van der Waals surface area contributed by atoms with Crippen LogP contribution in [0.4, 0.5) is 0 Å². The Bertz CT molecular complexity index is 207. The zero-order valence-corrected chi connectivity index (χ0v) is 12.3. The van der Waals surface area contributed by atoms with Crippen molar-refractivity contribution in [1.29, 1.82) is 0 Å². The van der Waals surface area contributed by atoms with E-state index in [1.807, 2.05) is 27.7 Å². The average Bonchev–Trinajstić information content (AvgIpc) is 2.30. The third kappa shape index (κ3) is 4.42. The lowest BCUT2D eigenvalue weighted by Crippen LogP contribution is -2.43. The Morgan fingerprint density at radius 3 is 2.19 bits per heavy atom. The summed E-state index contributed by atoms with van der Waals surface area (Å²) in [5.41, 5.74) is -0.167. The molecule has 96 valence electrons. The summed E-state index contributed by atoms with van der Waals surface area (Å²) in [6, 6.07) is 0. The largest absolute Gasteiger partial charge is 0.396 e. The molecule has 4 heteroatoms. The van der Waals surface area contributed by atoms with E-state index in [9.17, 15) is 9.90 Å². The van der Waals surface area contributed by atoms with Crippen molar-refractivity contribution in [3.63, 3.8) is 0 Å². The second-order valence-corrected chi connectivity index (χ2v) is 5.72. The van der Waals surface area contributed by atoms with Crippen molar-refractivity contribution in [2.75, 3.05) is 13.2 Å². The Kier molecular flexibility index (Phi) is 7.24. The van der Waals surface area contributed by atoms with Crippen LogP contribution in [0.3, 0.4) is 0 Å². The number of hydrogen-bond donors (Lipinski definition) is 2. The molecule has 3 nitrogen and oxygen atoms in total. The summed E-state index contributed by atoms with van der Waals surface area (Å²) in [5.74, 6) is 0.279. The van der Waals surface area contributed by atoms with Gasteiger partial charge in [-0.25, -0.2) is 0 Å². The summed E-state index contributed by atoms with van der Waals surface area (Å²) in [5, 5.41) is 12.3. The Morgan fingerprint density at radius 2 is 1.88 bits per heavy atom. The molecule has 0 saturated carbocycles. The third-order valence-corrected chi connectivity index (χ3v) is 4.78. The van der Waals surface area contributed by atoms with Crippen LogP contribution in [0.2, 0.25) is 0 Å². The number of carbonyl (C=O) groups is 1. The van der Waals surface area contributed by atoms with E-state index in [0.29, 0.717) is 6.54 Å². The molecule has 1 unspecified atom stereocenters. The van der Waals surface area contributed by atoms with Crippen LogP contribution in [0.25, 0.3) is 0 Å². The molecule has 0 bridgehead atoms. The topological polar surface area (TPSA) is 49.3 Å². The van der Waals surface area contributed by atoms with Gasteiger partial charge >= 0.3 is 0 Å². The van der Waals surface area contributed by atoms with Crippen molar-refractivity contribution >= 4 is 21.8 Å². The molecule has 0 aromatic carbocycles. The van der Waals surface area contributed by atoms with Crippen molar-refractivity contribution < 1.29 is 9.90 Å². The van der Waals surface area contributed by atoms with Crippen molar-refractivity contribution in [3.05, 3.63) is 0 Å². The molecule has 16 heavy (non-hydrogen) atoms. The van der Waals surface area contributed by atoms with Crippen molar-refractivity contribution in [2.24, 2.45) is 11.3 Å². The molecule has 0 aliphatic rings. The fourth-order valence-corrected chi connectivity index (χ4v) is 1.62. The summed E-state index contributed by atoms with van der Waals surface area (Å²) in [4.78, 5) is 11.6. The van der Waals surface area contributed by atoms with Crippen molar-refractivity contribution in [2.45, 2.75) is 45.4 Å². The Balaban J connectivity index is 4.26.